The highest BCUT2D eigenvalue weighted by Gasteiger charge is 2.16. The molecule has 0 aliphatic rings. The van der Waals surface area contributed by atoms with Crippen molar-refractivity contribution in [2.24, 2.45) is 0 Å². The topological polar surface area (TPSA) is 139 Å². The summed E-state index contributed by atoms with van der Waals surface area (Å²) < 4.78 is 0. The van der Waals surface area contributed by atoms with E-state index in [9.17, 15) is 19.8 Å². The van der Waals surface area contributed by atoms with Crippen molar-refractivity contribution in [2.75, 3.05) is 26.3 Å². The van der Waals surface area contributed by atoms with Gasteiger partial charge in [-0.05, 0) is 45.5 Å². The van der Waals surface area contributed by atoms with E-state index in [1.165, 1.54) is 0 Å². The minimum Gasteiger partial charge on any atom is -0.394 e. The number of aryl methyl sites for hydroxylation is 2. The number of carbonyl (C=O) groups is 2. The predicted octanol–water partition coefficient (Wildman–Crippen LogP) is 0.797. The van der Waals surface area contributed by atoms with Crippen LogP contribution in [0, 0.1) is 0 Å². The molecule has 0 aliphatic heterocycles. The van der Waals surface area contributed by atoms with Gasteiger partial charge in [0, 0.05) is 25.9 Å². The number of hydrogen-bond acceptors (Lipinski definition) is 6. The Bertz CT molecular complexity index is 988. The fourth-order valence-corrected chi connectivity index (χ4v) is 4.09. The van der Waals surface area contributed by atoms with Crippen LogP contribution >= 0.6 is 0 Å². The molecule has 2 unspecified atom stereocenters. The first-order chi connectivity index (χ1) is 16.4. The molecule has 182 valence electrons. The van der Waals surface area contributed by atoms with Gasteiger partial charge in [-0.15, -0.1) is 0 Å². The molecule has 0 saturated carbocycles. The van der Waals surface area contributed by atoms with Crippen molar-refractivity contribution < 1.29 is 30.0 Å². The zero-order valence-electron chi connectivity index (χ0n) is 19.0. The van der Waals surface area contributed by atoms with Crippen molar-refractivity contribution in [3.05, 3.63) is 59.7 Å². The van der Waals surface area contributed by atoms with Crippen LogP contribution in [0.5, 0.6) is 0 Å². The van der Waals surface area contributed by atoms with Crippen LogP contribution in [0.3, 0.4) is 0 Å². The molecule has 8 nitrogen and oxygen atoms in total. The van der Waals surface area contributed by atoms with E-state index in [0.29, 0.717) is 12.8 Å². The summed E-state index contributed by atoms with van der Waals surface area (Å²) >= 11 is 0. The molecular weight excluding hydrogens is 436 g/mol. The Hall–Kier alpha value is -3.04. The standard InChI is InChI=1S/C26H32N2O6/c29-15-17(31)13-27-25(33)11-9-23-19-5-1-2-6-20(19)24(22-8-4-3-7-21(22)23)10-12-26(34)28-14-18(32)16-30/h1-8,17-18,29-32H,9-16H2,(H,27,33)(H,28,34). The normalized spacial score (nSPS) is 13.1. The summed E-state index contributed by atoms with van der Waals surface area (Å²) in [7, 11) is 0. The van der Waals surface area contributed by atoms with Gasteiger partial charge in [0.05, 0.1) is 25.4 Å². The Morgan fingerprint density at radius 3 is 1.26 bits per heavy atom. The van der Waals surface area contributed by atoms with E-state index in [0.717, 1.165) is 32.7 Å². The maximum Gasteiger partial charge on any atom is 0.220 e. The smallest absolute Gasteiger partial charge is 0.220 e. The Kier molecular flexibility index (Phi) is 9.35. The molecule has 0 bridgehead atoms. The number of aliphatic hydroxyl groups is 4. The molecule has 34 heavy (non-hydrogen) atoms. The lowest BCUT2D eigenvalue weighted by atomic mass is 9.88. The zero-order chi connectivity index (χ0) is 24.5. The van der Waals surface area contributed by atoms with Crippen molar-refractivity contribution in [1.29, 1.82) is 0 Å². The SMILES string of the molecule is O=C(CCc1c2ccccc2c(CCC(=O)NCC(O)CO)c2ccccc12)NCC(O)CO. The Morgan fingerprint density at radius 2 is 0.971 bits per heavy atom. The van der Waals surface area contributed by atoms with Crippen molar-refractivity contribution in [3.8, 4) is 0 Å². The summed E-state index contributed by atoms with van der Waals surface area (Å²) in [4.78, 5) is 24.6. The average molecular weight is 469 g/mol. The van der Waals surface area contributed by atoms with Crippen LogP contribution < -0.4 is 10.6 Å². The van der Waals surface area contributed by atoms with Gasteiger partial charge in [-0.25, -0.2) is 0 Å². The van der Waals surface area contributed by atoms with Crippen molar-refractivity contribution in [1.82, 2.24) is 10.6 Å². The molecule has 0 spiro atoms. The number of benzene rings is 3. The highest BCUT2D eigenvalue weighted by atomic mass is 16.3. The lowest BCUT2D eigenvalue weighted by Gasteiger charge is -2.17. The van der Waals surface area contributed by atoms with Crippen LogP contribution in [0.4, 0.5) is 0 Å². The van der Waals surface area contributed by atoms with E-state index in [4.69, 9.17) is 10.2 Å². The van der Waals surface area contributed by atoms with Crippen LogP contribution in [0.2, 0.25) is 0 Å². The summed E-state index contributed by atoms with van der Waals surface area (Å²) in [6, 6.07) is 15.9. The van der Waals surface area contributed by atoms with Gasteiger partial charge in [0.1, 0.15) is 0 Å². The minimum absolute atomic E-state index is 0.00711. The number of hydrogen-bond donors (Lipinski definition) is 6. The van der Waals surface area contributed by atoms with Gasteiger partial charge >= 0.3 is 0 Å². The molecule has 0 radical (unpaired) electrons. The second kappa shape index (κ2) is 12.4. The Balaban J connectivity index is 1.86. The van der Waals surface area contributed by atoms with Crippen molar-refractivity contribution in [2.45, 2.75) is 37.9 Å². The third-order valence-corrected chi connectivity index (χ3v) is 5.85. The first-order valence-corrected chi connectivity index (χ1v) is 11.5. The van der Waals surface area contributed by atoms with Gasteiger partial charge in [0.15, 0.2) is 0 Å². The zero-order valence-corrected chi connectivity index (χ0v) is 19.0. The van der Waals surface area contributed by atoms with E-state index in [2.05, 4.69) is 10.6 Å². The lowest BCUT2D eigenvalue weighted by Crippen LogP contribution is -2.34. The Morgan fingerprint density at radius 1 is 0.647 bits per heavy atom. The molecule has 8 heteroatoms. The van der Waals surface area contributed by atoms with Gasteiger partial charge in [-0.3, -0.25) is 9.59 Å². The molecule has 2 atom stereocenters. The second-order valence-corrected chi connectivity index (χ2v) is 8.33. The first kappa shape index (κ1) is 25.6. The molecule has 0 aliphatic carbocycles. The van der Waals surface area contributed by atoms with E-state index < -0.39 is 25.4 Å². The molecule has 6 N–H and O–H groups in total. The number of carbonyl (C=O) groups excluding carboxylic acids is 2. The first-order valence-electron chi connectivity index (χ1n) is 11.5. The van der Waals surface area contributed by atoms with E-state index in [1.807, 2.05) is 48.5 Å². The lowest BCUT2D eigenvalue weighted by molar-refractivity contribution is -0.122. The third-order valence-electron chi connectivity index (χ3n) is 5.85. The van der Waals surface area contributed by atoms with Crippen LogP contribution in [0.15, 0.2) is 48.5 Å². The molecule has 3 aromatic carbocycles. The maximum absolute atomic E-state index is 12.3. The van der Waals surface area contributed by atoms with Gasteiger partial charge in [-0.1, -0.05) is 48.5 Å². The fraction of sp³-hybridized carbons (Fsp3) is 0.385. The predicted molar refractivity (Wildman–Crippen MR) is 130 cm³/mol. The fourth-order valence-electron chi connectivity index (χ4n) is 4.09. The van der Waals surface area contributed by atoms with E-state index >= 15 is 0 Å². The summed E-state index contributed by atoms with van der Waals surface area (Å²) in [5.74, 6) is -0.405. The van der Waals surface area contributed by atoms with E-state index in [-0.39, 0.29) is 37.7 Å². The number of nitrogens with one attached hydrogen (secondary N) is 2. The molecule has 0 fully saturated rings. The highest BCUT2D eigenvalue weighted by molar-refractivity contribution is 6.06. The molecule has 0 saturated heterocycles. The average Bonchev–Trinajstić information content (AvgIpc) is 2.87. The summed E-state index contributed by atoms with van der Waals surface area (Å²) in [5, 5.41) is 46.1. The van der Waals surface area contributed by atoms with E-state index in [1.54, 1.807) is 0 Å². The largest absolute Gasteiger partial charge is 0.394 e. The second-order valence-electron chi connectivity index (χ2n) is 8.33. The number of aliphatic hydroxyl groups excluding tert-OH is 4. The molecule has 3 aromatic rings. The van der Waals surface area contributed by atoms with Gasteiger partial charge in [-0.2, -0.15) is 0 Å². The van der Waals surface area contributed by atoms with Crippen molar-refractivity contribution in [3.63, 3.8) is 0 Å². The van der Waals surface area contributed by atoms with Crippen molar-refractivity contribution >= 4 is 33.4 Å². The summed E-state index contributed by atoms with van der Waals surface area (Å²) in [6.07, 6.45) is -0.477. The third kappa shape index (κ3) is 6.51. The Labute approximate surface area is 198 Å². The van der Waals surface area contributed by atoms with Crippen LogP contribution in [-0.4, -0.2) is 70.8 Å². The van der Waals surface area contributed by atoms with Crippen LogP contribution in [0.25, 0.3) is 21.5 Å². The molecule has 0 heterocycles. The number of amides is 2. The molecule has 0 aromatic heterocycles. The van der Waals surface area contributed by atoms with Crippen LogP contribution in [0.1, 0.15) is 24.0 Å². The maximum atomic E-state index is 12.3. The van der Waals surface area contributed by atoms with Crippen LogP contribution in [-0.2, 0) is 22.4 Å². The minimum atomic E-state index is -0.978. The molecule has 2 amide bonds. The highest BCUT2D eigenvalue weighted by Crippen LogP contribution is 2.34. The van der Waals surface area contributed by atoms with Gasteiger partial charge in [0.2, 0.25) is 11.8 Å². The number of rotatable bonds is 12. The quantitative estimate of drug-likeness (QED) is 0.217. The molecule has 3 rings (SSSR count). The molecular formula is C26H32N2O6. The summed E-state index contributed by atoms with van der Waals surface area (Å²) in [6.45, 7) is -0.797. The number of fused-ring (bicyclic) bond motifs is 2. The monoisotopic (exact) mass is 468 g/mol. The van der Waals surface area contributed by atoms with Gasteiger partial charge < -0.3 is 31.1 Å². The summed E-state index contributed by atoms with van der Waals surface area (Å²) in [5.41, 5.74) is 2.09. The van der Waals surface area contributed by atoms with Gasteiger partial charge in [0.25, 0.3) is 0 Å².